The van der Waals surface area contributed by atoms with Crippen molar-refractivity contribution in [2.24, 2.45) is 0 Å². The molecule has 0 saturated heterocycles. The van der Waals surface area contributed by atoms with Crippen molar-refractivity contribution in [2.75, 3.05) is 25.2 Å². The molecule has 1 saturated carbocycles. The molecule has 0 aromatic heterocycles. The van der Waals surface area contributed by atoms with Gasteiger partial charge in [0, 0.05) is 25.3 Å². The largest absolute Gasteiger partial charge is 0.380 e. The minimum absolute atomic E-state index is 0.228. The monoisotopic (exact) mass is 278 g/mol. The van der Waals surface area contributed by atoms with Crippen LogP contribution in [0.5, 0.6) is 0 Å². The van der Waals surface area contributed by atoms with E-state index in [4.69, 9.17) is 0 Å². The van der Waals surface area contributed by atoms with Crippen molar-refractivity contribution in [3.8, 4) is 0 Å². The van der Waals surface area contributed by atoms with Crippen molar-refractivity contribution in [1.29, 1.82) is 0 Å². The second-order valence-corrected chi connectivity index (χ2v) is 6.15. The number of rotatable bonds is 5. The summed E-state index contributed by atoms with van der Waals surface area (Å²) in [6.45, 7) is 2.78. The second-order valence-electron chi connectivity index (χ2n) is 5.01. The Morgan fingerprint density at radius 1 is 1.47 bits per heavy atom. The minimum Gasteiger partial charge on any atom is -0.380 e. The average molecular weight is 278 g/mol. The Bertz CT molecular complexity index is 433. The molecule has 0 bridgehead atoms. The molecule has 1 aromatic rings. The summed E-state index contributed by atoms with van der Waals surface area (Å²) in [5.41, 5.74) is 1.09. The molecule has 0 spiro atoms. The van der Waals surface area contributed by atoms with Crippen LogP contribution in [0, 0.1) is 0 Å². The highest BCUT2D eigenvalue weighted by atomic mass is 32.2. The van der Waals surface area contributed by atoms with Gasteiger partial charge in [-0.05, 0) is 38.2 Å². The van der Waals surface area contributed by atoms with E-state index in [0.717, 1.165) is 25.1 Å². The SMILES string of the molecule is CCN(C)C(=O)C1(SC)CCC1Nc1ccccc1. The molecule has 0 radical (unpaired) electrons. The summed E-state index contributed by atoms with van der Waals surface area (Å²) in [4.78, 5) is 14.4. The predicted octanol–water partition coefficient (Wildman–Crippen LogP) is 2.84. The highest BCUT2D eigenvalue weighted by molar-refractivity contribution is 8.00. The summed E-state index contributed by atoms with van der Waals surface area (Å²) >= 11 is 1.68. The molecule has 1 aliphatic rings. The number of anilines is 1. The van der Waals surface area contributed by atoms with E-state index in [9.17, 15) is 4.79 Å². The number of thioether (sulfide) groups is 1. The van der Waals surface area contributed by atoms with Crippen LogP contribution in [0.4, 0.5) is 5.69 Å². The lowest BCUT2D eigenvalue weighted by Crippen LogP contribution is -2.62. The Morgan fingerprint density at radius 3 is 2.63 bits per heavy atom. The van der Waals surface area contributed by atoms with Crippen LogP contribution in [-0.2, 0) is 4.79 Å². The van der Waals surface area contributed by atoms with Crippen LogP contribution in [0.3, 0.4) is 0 Å². The summed E-state index contributed by atoms with van der Waals surface area (Å²) in [6.07, 6.45) is 4.06. The van der Waals surface area contributed by atoms with Crippen molar-refractivity contribution < 1.29 is 4.79 Å². The predicted molar refractivity (Wildman–Crippen MR) is 82.6 cm³/mol. The van der Waals surface area contributed by atoms with Crippen molar-refractivity contribution in [1.82, 2.24) is 4.90 Å². The molecule has 3 nitrogen and oxygen atoms in total. The van der Waals surface area contributed by atoms with Gasteiger partial charge in [0.15, 0.2) is 0 Å². The lowest BCUT2D eigenvalue weighted by atomic mass is 9.77. The fourth-order valence-electron chi connectivity index (χ4n) is 2.53. The van der Waals surface area contributed by atoms with E-state index in [1.807, 2.05) is 43.3 Å². The standard InChI is InChI=1S/C15H22N2OS/c1-4-17(2)14(18)15(19-3)11-10-13(15)16-12-8-6-5-7-9-12/h5-9,13,16H,4,10-11H2,1-3H3. The zero-order chi connectivity index (χ0) is 13.9. The molecule has 2 atom stereocenters. The van der Waals surface area contributed by atoms with Gasteiger partial charge in [0.05, 0.1) is 0 Å². The molecule has 104 valence electrons. The molecule has 1 aliphatic carbocycles. The number of carbonyl (C=O) groups is 1. The van der Waals surface area contributed by atoms with Crippen molar-refractivity contribution in [3.63, 3.8) is 0 Å². The molecule has 4 heteroatoms. The Balaban J connectivity index is 2.12. The minimum atomic E-state index is -0.291. The second kappa shape index (κ2) is 5.87. The third-order valence-corrected chi connectivity index (χ3v) is 5.42. The Kier molecular flexibility index (Phi) is 4.40. The van der Waals surface area contributed by atoms with Crippen LogP contribution in [0.1, 0.15) is 19.8 Å². The summed E-state index contributed by atoms with van der Waals surface area (Å²) in [5.74, 6) is 0.252. The first-order valence-electron chi connectivity index (χ1n) is 6.76. The van der Waals surface area contributed by atoms with Gasteiger partial charge in [-0.1, -0.05) is 18.2 Å². The Hall–Kier alpha value is -1.16. The number of para-hydroxylation sites is 1. The van der Waals surface area contributed by atoms with E-state index in [2.05, 4.69) is 17.4 Å². The van der Waals surface area contributed by atoms with Gasteiger partial charge in [0.2, 0.25) is 5.91 Å². The fourth-order valence-corrected chi connectivity index (χ4v) is 3.64. The van der Waals surface area contributed by atoms with Crippen LogP contribution in [0.25, 0.3) is 0 Å². The normalized spacial score (nSPS) is 25.5. The number of carbonyl (C=O) groups excluding carboxylic acids is 1. The van der Waals surface area contributed by atoms with E-state index in [-0.39, 0.29) is 16.7 Å². The fraction of sp³-hybridized carbons (Fsp3) is 0.533. The van der Waals surface area contributed by atoms with Gasteiger partial charge in [-0.15, -0.1) is 11.8 Å². The maximum atomic E-state index is 12.6. The molecule has 1 amide bonds. The summed E-state index contributed by atoms with van der Waals surface area (Å²) in [5, 5.41) is 3.51. The first-order chi connectivity index (χ1) is 9.14. The van der Waals surface area contributed by atoms with Gasteiger partial charge in [-0.3, -0.25) is 4.79 Å². The number of hydrogen-bond acceptors (Lipinski definition) is 3. The summed E-state index contributed by atoms with van der Waals surface area (Å²) < 4.78 is -0.291. The number of nitrogens with zero attached hydrogens (tertiary/aromatic N) is 1. The maximum absolute atomic E-state index is 12.6. The summed E-state index contributed by atoms with van der Waals surface area (Å²) in [6, 6.07) is 10.4. The first-order valence-corrected chi connectivity index (χ1v) is 7.99. The van der Waals surface area contributed by atoms with Crippen molar-refractivity contribution in [3.05, 3.63) is 30.3 Å². The van der Waals surface area contributed by atoms with Crippen LogP contribution < -0.4 is 5.32 Å². The highest BCUT2D eigenvalue weighted by Crippen LogP contribution is 2.45. The average Bonchev–Trinajstić information content (AvgIpc) is 2.45. The van der Waals surface area contributed by atoms with Crippen LogP contribution in [0.15, 0.2) is 30.3 Å². The lowest BCUT2D eigenvalue weighted by molar-refractivity contribution is -0.134. The van der Waals surface area contributed by atoms with Gasteiger partial charge < -0.3 is 10.2 Å². The molecule has 2 rings (SSSR count). The smallest absolute Gasteiger partial charge is 0.240 e. The molecule has 1 fully saturated rings. The molecule has 2 unspecified atom stereocenters. The van der Waals surface area contributed by atoms with Gasteiger partial charge >= 0.3 is 0 Å². The lowest BCUT2D eigenvalue weighted by Gasteiger charge is -2.49. The number of benzene rings is 1. The number of hydrogen-bond donors (Lipinski definition) is 1. The van der Waals surface area contributed by atoms with Gasteiger partial charge in [0.25, 0.3) is 0 Å². The molecule has 19 heavy (non-hydrogen) atoms. The topological polar surface area (TPSA) is 32.3 Å². The van der Waals surface area contributed by atoms with E-state index < -0.39 is 0 Å². The van der Waals surface area contributed by atoms with Crippen LogP contribution in [0.2, 0.25) is 0 Å². The maximum Gasteiger partial charge on any atom is 0.240 e. The highest BCUT2D eigenvalue weighted by Gasteiger charge is 2.53. The Morgan fingerprint density at radius 2 is 2.16 bits per heavy atom. The van der Waals surface area contributed by atoms with Gasteiger partial charge in [0.1, 0.15) is 4.75 Å². The van der Waals surface area contributed by atoms with Crippen molar-refractivity contribution >= 4 is 23.4 Å². The van der Waals surface area contributed by atoms with E-state index in [1.54, 1.807) is 11.8 Å². The zero-order valence-electron chi connectivity index (χ0n) is 11.8. The quantitative estimate of drug-likeness (QED) is 0.899. The molecule has 0 heterocycles. The first kappa shape index (κ1) is 14.3. The molecule has 1 aromatic carbocycles. The zero-order valence-corrected chi connectivity index (χ0v) is 12.7. The number of nitrogens with one attached hydrogen (secondary N) is 1. The number of amides is 1. The third-order valence-electron chi connectivity index (χ3n) is 4.03. The molecule has 0 aliphatic heterocycles. The summed E-state index contributed by atoms with van der Waals surface area (Å²) in [7, 11) is 1.89. The molecule has 1 N–H and O–H groups in total. The van der Waals surface area contributed by atoms with E-state index in [1.165, 1.54) is 0 Å². The van der Waals surface area contributed by atoms with Gasteiger partial charge in [-0.25, -0.2) is 0 Å². The third kappa shape index (κ3) is 2.59. The van der Waals surface area contributed by atoms with Gasteiger partial charge in [-0.2, -0.15) is 0 Å². The molecular weight excluding hydrogens is 256 g/mol. The molecular formula is C15H22N2OS. The van der Waals surface area contributed by atoms with Crippen molar-refractivity contribution in [2.45, 2.75) is 30.6 Å². The van der Waals surface area contributed by atoms with Crippen LogP contribution in [-0.4, -0.2) is 41.4 Å². The van der Waals surface area contributed by atoms with E-state index >= 15 is 0 Å². The van der Waals surface area contributed by atoms with E-state index in [0.29, 0.717) is 0 Å². The Labute approximate surface area is 119 Å². The van der Waals surface area contributed by atoms with Crippen LogP contribution >= 0.6 is 11.8 Å².